The van der Waals surface area contributed by atoms with E-state index in [0.29, 0.717) is 16.0 Å². The molecule has 7 nitrogen and oxygen atoms in total. The van der Waals surface area contributed by atoms with Crippen LogP contribution >= 0.6 is 15.9 Å². The summed E-state index contributed by atoms with van der Waals surface area (Å²) >= 11 is 3.25. The lowest BCUT2D eigenvalue weighted by Crippen LogP contribution is -2.27. The fourth-order valence-corrected chi connectivity index (χ4v) is 4.79. The van der Waals surface area contributed by atoms with Gasteiger partial charge >= 0.3 is 5.97 Å². The molecule has 0 amide bonds. The van der Waals surface area contributed by atoms with E-state index in [-0.39, 0.29) is 30.4 Å². The second-order valence-corrected chi connectivity index (χ2v) is 8.68. The first-order valence-corrected chi connectivity index (χ1v) is 10.4. The quantitative estimate of drug-likeness (QED) is 0.622. The highest BCUT2D eigenvalue weighted by molar-refractivity contribution is 9.10. The molecule has 0 unspecified atom stereocenters. The van der Waals surface area contributed by atoms with Crippen molar-refractivity contribution in [1.29, 1.82) is 0 Å². The van der Waals surface area contributed by atoms with E-state index in [1.54, 1.807) is 25.1 Å². The van der Waals surface area contributed by atoms with Crippen LogP contribution in [-0.4, -0.2) is 39.1 Å². The number of nitrogens with zero attached hydrogens (tertiary/aromatic N) is 1. The number of esters is 1. The predicted molar refractivity (Wildman–Crippen MR) is 101 cm³/mol. The van der Waals surface area contributed by atoms with Crippen LogP contribution in [0.15, 0.2) is 45.8 Å². The first kappa shape index (κ1) is 19.7. The number of carbonyl (C=O) groups is 1. The molecule has 0 N–H and O–H groups in total. The fourth-order valence-electron chi connectivity index (χ4n) is 2.60. The minimum absolute atomic E-state index is 0.0683. The summed E-state index contributed by atoms with van der Waals surface area (Å²) in [5, 5.41) is 0. The first-order chi connectivity index (χ1) is 12.8. The van der Waals surface area contributed by atoms with Crippen LogP contribution in [0.5, 0.6) is 11.5 Å². The number of fused-ring (bicyclic) bond motifs is 1. The fraction of sp³-hybridized carbons (Fsp3) is 0.278. The van der Waals surface area contributed by atoms with E-state index < -0.39 is 16.0 Å². The van der Waals surface area contributed by atoms with Crippen molar-refractivity contribution < 1.29 is 27.4 Å². The topological polar surface area (TPSA) is 82.1 Å². The molecule has 0 bridgehead atoms. The summed E-state index contributed by atoms with van der Waals surface area (Å²) in [5.74, 6) is 0.732. The Morgan fingerprint density at radius 1 is 1.19 bits per heavy atom. The number of hydrogen-bond donors (Lipinski definition) is 0. The molecule has 2 aromatic carbocycles. The van der Waals surface area contributed by atoms with Crippen LogP contribution in [-0.2, 0) is 21.3 Å². The Morgan fingerprint density at radius 3 is 2.63 bits per heavy atom. The molecule has 0 aromatic heterocycles. The molecule has 0 radical (unpaired) electrons. The number of ether oxygens (including phenoxy) is 3. The zero-order valence-corrected chi connectivity index (χ0v) is 17.2. The Labute approximate surface area is 166 Å². The molecule has 27 heavy (non-hydrogen) atoms. The normalized spacial score (nSPS) is 13.0. The Kier molecular flexibility index (Phi) is 5.73. The third-order valence-corrected chi connectivity index (χ3v) is 6.75. The summed E-state index contributed by atoms with van der Waals surface area (Å²) in [6.45, 7) is 2.27. The van der Waals surface area contributed by atoms with Crippen LogP contribution in [0.25, 0.3) is 0 Å². The van der Waals surface area contributed by atoms with Gasteiger partial charge in [-0.1, -0.05) is 6.07 Å². The molecule has 1 aliphatic heterocycles. The van der Waals surface area contributed by atoms with Crippen molar-refractivity contribution >= 4 is 31.9 Å². The molecule has 2 aromatic rings. The van der Waals surface area contributed by atoms with Crippen molar-refractivity contribution in [2.24, 2.45) is 0 Å². The van der Waals surface area contributed by atoms with Crippen LogP contribution < -0.4 is 9.47 Å². The molecule has 0 atom stereocenters. The maximum absolute atomic E-state index is 12.9. The highest BCUT2D eigenvalue weighted by Gasteiger charge is 2.25. The van der Waals surface area contributed by atoms with Gasteiger partial charge in [0.1, 0.15) is 0 Å². The molecule has 0 saturated heterocycles. The minimum atomic E-state index is -3.77. The molecule has 1 heterocycles. The van der Waals surface area contributed by atoms with Gasteiger partial charge in [-0.2, -0.15) is 4.31 Å². The predicted octanol–water partition coefficient (Wildman–Crippen LogP) is 3.18. The molecule has 0 fully saturated rings. The van der Waals surface area contributed by atoms with Crippen molar-refractivity contribution in [2.45, 2.75) is 18.4 Å². The molecule has 144 valence electrons. The van der Waals surface area contributed by atoms with Crippen LogP contribution in [0.2, 0.25) is 0 Å². The van der Waals surface area contributed by atoms with E-state index in [2.05, 4.69) is 15.9 Å². The highest BCUT2D eigenvalue weighted by atomic mass is 79.9. The lowest BCUT2D eigenvalue weighted by Gasteiger charge is -2.18. The van der Waals surface area contributed by atoms with E-state index in [1.807, 2.05) is 0 Å². The van der Waals surface area contributed by atoms with Crippen LogP contribution in [0.4, 0.5) is 0 Å². The van der Waals surface area contributed by atoms with E-state index in [0.717, 1.165) is 5.56 Å². The Bertz CT molecular complexity index is 976. The molecule has 3 rings (SSSR count). The maximum atomic E-state index is 12.9. The summed E-state index contributed by atoms with van der Waals surface area (Å²) in [5.41, 5.74) is 1.05. The van der Waals surface area contributed by atoms with Gasteiger partial charge in [-0.15, -0.1) is 0 Å². The van der Waals surface area contributed by atoms with E-state index in [9.17, 15) is 13.2 Å². The van der Waals surface area contributed by atoms with Gasteiger partial charge in [-0.3, -0.25) is 0 Å². The van der Waals surface area contributed by atoms with Crippen molar-refractivity contribution in [3.8, 4) is 11.5 Å². The van der Waals surface area contributed by atoms with Gasteiger partial charge in [0, 0.05) is 18.1 Å². The van der Waals surface area contributed by atoms with Gasteiger partial charge in [0.2, 0.25) is 16.8 Å². The van der Waals surface area contributed by atoms with Crippen LogP contribution in [0, 0.1) is 0 Å². The zero-order chi connectivity index (χ0) is 19.6. The molecule has 9 heteroatoms. The second-order valence-electron chi connectivity index (χ2n) is 5.81. The number of hydrogen-bond acceptors (Lipinski definition) is 6. The molecule has 0 aliphatic carbocycles. The van der Waals surface area contributed by atoms with Gasteiger partial charge in [0.15, 0.2) is 11.5 Å². The van der Waals surface area contributed by atoms with E-state index in [4.69, 9.17) is 14.2 Å². The summed E-state index contributed by atoms with van der Waals surface area (Å²) in [6.07, 6.45) is 0. The van der Waals surface area contributed by atoms with Crippen molar-refractivity contribution in [2.75, 3.05) is 20.4 Å². The standard InChI is InChI=1S/C18H18BrNO6S/c1-3-24-18(21)13-5-7-17(14(19)9-13)27(22,23)20(2)10-12-4-6-15-16(8-12)26-11-25-15/h4-9H,3,10-11H2,1-2H3. The number of rotatable bonds is 6. The summed E-state index contributed by atoms with van der Waals surface area (Å²) in [4.78, 5) is 11.9. The van der Waals surface area contributed by atoms with E-state index >= 15 is 0 Å². The molecule has 1 aliphatic rings. The number of benzene rings is 2. The average molecular weight is 456 g/mol. The molecule has 0 saturated carbocycles. The third-order valence-electron chi connectivity index (χ3n) is 3.97. The summed E-state index contributed by atoms with van der Waals surface area (Å²) in [6, 6.07) is 9.57. The summed E-state index contributed by atoms with van der Waals surface area (Å²) < 4.78 is 42.9. The van der Waals surface area contributed by atoms with Crippen LogP contribution in [0.1, 0.15) is 22.8 Å². The largest absolute Gasteiger partial charge is 0.462 e. The van der Waals surface area contributed by atoms with Crippen molar-refractivity contribution in [3.63, 3.8) is 0 Å². The van der Waals surface area contributed by atoms with Gasteiger partial charge < -0.3 is 14.2 Å². The highest BCUT2D eigenvalue weighted by Crippen LogP contribution is 2.33. The molecule has 0 spiro atoms. The summed E-state index contributed by atoms with van der Waals surface area (Å²) in [7, 11) is -2.28. The van der Waals surface area contributed by atoms with Crippen LogP contribution in [0.3, 0.4) is 0 Å². The average Bonchev–Trinajstić information content (AvgIpc) is 3.09. The van der Waals surface area contributed by atoms with Gasteiger partial charge in [0.25, 0.3) is 0 Å². The lowest BCUT2D eigenvalue weighted by atomic mass is 10.2. The third kappa shape index (κ3) is 4.10. The Morgan fingerprint density at radius 2 is 1.93 bits per heavy atom. The Hall–Kier alpha value is -2.10. The Balaban J connectivity index is 1.82. The maximum Gasteiger partial charge on any atom is 0.338 e. The smallest absolute Gasteiger partial charge is 0.338 e. The van der Waals surface area contributed by atoms with Crippen molar-refractivity contribution in [1.82, 2.24) is 4.31 Å². The van der Waals surface area contributed by atoms with Gasteiger partial charge in [-0.25, -0.2) is 13.2 Å². The lowest BCUT2D eigenvalue weighted by molar-refractivity contribution is 0.0526. The van der Waals surface area contributed by atoms with Gasteiger partial charge in [-0.05, 0) is 58.7 Å². The zero-order valence-electron chi connectivity index (χ0n) is 14.8. The SMILES string of the molecule is CCOC(=O)c1ccc(S(=O)(=O)N(C)Cc2ccc3c(c2)OCO3)c(Br)c1. The monoisotopic (exact) mass is 455 g/mol. The minimum Gasteiger partial charge on any atom is -0.462 e. The first-order valence-electron chi connectivity index (χ1n) is 8.14. The number of sulfonamides is 1. The molecular formula is C18H18BrNO6S. The van der Waals surface area contributed by atoms with Crippen molar-refractivity contribution in [3.05, 3.63) is 52.0 Å². The van der Waals surface area contributed by atoms with Gasteiger partial charge in [0.05, 0.1) is 17.1 Å². The second kappa shape index (κ2) is 7.87. The number of halogens is 1. The molecular weight excluding hydrogens is 438 g/mol. The van der Waals surface area contributed by atoms with E-state index in [1.165, 1.54) is 29.6 Å². The number of carbonyl (C=O) groups excluding carboxylic acids is 1.